The Balaban J connectivity index is 1.55. The number of likely N-dealkylation sites (tertiary alicyclic amines) is 1. The normalized spacial score (nSPS) is 24.7. The maximum Gasteiger partial charge on any atom is 0.471 e. The first-order chi connectivity index (χ1) is 18.5. The van der Waals surface area contributed by atoms with E-state index in [1.165, 1.54) is 25.7 Å². The lowest BCUT2D eigenvalue weighted by Crippen LogP contribution is -2.61. The lowest BCUT2D eigenvalue weighted by Gasteiger charge is -2.37. The molecule has 1 unspecified atom stereocenters. The molecule has 1 aliphatic carbocycles. The van der Waals surface area contributed by atoms with Crippen molar-refractivity contribution in [1.82, 2.24) is 20.5 Å². The second-order valence-electron chi connectivity index (χ2n) is 12.5. The zero-order valence-electron chi connectivity index (χ0n) is 23.1. The van der Waals surface area contributed by atoms with Gasteiger partial charge in [-0.2, -0.15) is 18.4 Å². The van der Waals surface area contributed by atoms with E-state index in [9.17, 15) is 37.6 Å². The Labute approximate surface area is 229 Å². The SMILES string of the molecule is CC(C)(C)[C@H](NC(=O)C(F)(F)F)C(=O)N1C[C@H]2[C@H]([C@H]1C(=O)NC(C#N)Cc1cc3c([nH]c1=O)CCOC3)C2(C)C. The van der Waals surface area contributed by atoms with Crippen LogP contribution in [0.5, 0.6) is 0 Å². The van der Waals surface area contributed by atoms with Gasteiger partial charge >= 0.3 is 12.1 Å². The summed E-state index contributed by atoms with van der Waals surface area (Å²) in [6, 6.07) is -0.0376. The van der Waals surface area contributed by atoms with E-state index in [0.29, 0.717) is 25.2 Å². The summed E-state index contributed by atoms with van der Waals surface area (Å²) in [6.45, 7) is 9.38. The largest absolute Gasteiger partial charge is 0.471 e. The molecule has 0 bridgehead atoms. The number of amides is 3. The number of carbonyl (C=O) groups is 3. The minimum atomic E-state index is -5.18. The van der Waals surface area contributed by atoms with Crippen molar-refractivity contribution in [3.8, 4) is 6.07 Å². The van der Waals surface area contributed by atoms with Crippen LogP contribution < -0.4 is 16.2 Å². The molecular formula is C27H34F3N5O5. The van der Waals surface area contributed by atoms with Crippen LogP contribution in [0.4, 0.5) is 13.2 Å². The predicted molar refractivity (Wildman–Crippen MR) is 135 cm³/mol. The van der Waals surface area contributed by atoms with Gasteiger partial charge in [-0.15, -0.1) is 0 Å². The monoisotopic (exact) mass is 565 g/mol. The third-order valence-corrected chi connectivity index (χ3v) is 8.35. The molecule has 40 heavy (non-hydrogen) atoms. The molecule has 3 N–H and O–H groups in total. The van der Waals surface area contributed by atoms with Crippen molar-refractivity contribution in [3.05, 3.63) is 33.2 Å². The molecule has 2 fully saturated rings. The molecule has 1 aromatic rings. The molecule has 3 heterocycles. The van der Waals surface area contributed by atoms with Crippen molar-refractivity contribution in [2.45, 2.75) is 78.4 Å². The summed E-state index contributed by atoms with van der Waals surface area (Å²) in [5, 5.41) is 14.2. The molecule has 10 nitrogen and oxygen atoms in total. The van der Waals surface area contributed by atoms with Crippen LogP contribution in [-0.2, 0) is 38.6 Å². The number of carbonyl (C=O) groups excluding carboxylic acids is 3. The average molecular weight is 566 g/mol. The second-order valence-corrected chi connectivity index (χ2v) is 12.5. The number of nitrogens with one attached hydrogen (secondary N) is 3. The second kappa shape index (κ2) is 10.2. The van der Waals surface area contributed by atoms with Crippen molar-refractivity contribution in [2.24, 2.45) is 22.7 Å². The highest BCUT2D eigenvalue weighted by Crippen LogP contribution is 2.65. The van der Waals surface area contributed by atoms with Gasteiger partial charge in [0, 0.05) is 30.6 Å². The van der Waals surface area contributed by atoms with Crippen molar-refractivity contribution in [3.63, 3.8) is 0 Å². The van der Waals surface area contributed by atoms with Gasteiger partial charge in [-0.1, -0.05) is 34.6 Å². The predicted octanol–water partition coefficient (Wildman–Crippen LogP) is 1.57. The van der Waals surface area contributed by atoms with E-state index in [2.05, 4.69) is 10.3 Å². The quantitative estimate of drug-likeness (QED) is 0.478. The van der Waals surface area contributed by atoms with E-state index in [1.807, 2.05) is 25.2 Å². The fourth-order valence-electron chi connectivity index (χ4n) is 5.97. The first-order valence-electron chi connectivity index (χ1n) is 13.2. The third kappa shape index (κ3) is 5.59. The van der Waals surface area contributed by atoms with E-state index in [-0.39, 0.29) is 35.8 Å². The molecule has 2 aliphatic heterocycles. The third-order valence-electron chi connectivity index (χ3n) is 8.35. The lowest BCUT2D eigenvalue weighted by atomic mass is 9.85. The van der Waals surface area contributed by atoms with E-state index in [1.54, 1.807) is 6.07 Å². The fraction of sp³-hybridized carbons (Fsp3) is 0.667. The number of pyridine rings is 1. The van der Waals surface area contributed by atoms with Gasteiger partial charge in [-0.3, -0.25) is 19.2 Å². The summed E-state index contributed by atoms with van der Waals surface area (Å²) in [5.41, 5.74) is 0.0997. The summed E-state index contributed by atoms with van der Waals surface area (Å²) in [7, 11) is 0. The molecule has 1 saturated carbocycles. The molecule has 218 valence electrons. The van der Waals surface area contributed by atoms with E-state index >= 15 is 0 Å². The van der Waals surface area contributed by atoms with Crippen molar-refractivity contribution in [2.75, 3.05) is 13.2 Å². The Morgan fingerprint density at radius 1 is 1.25 bits per heavy atom. The molecule has 3 aliphatic rings. The Hall–Kier alpha value is -3.40. The van der Waals surface area contributed by atoms with Crippen molar-refractivity contribution < 1.29 is 32.3 Å². The Kier molecular flexibility index (Phi) is 7.55. The lowest BCUT2D eigenvalue weighted by molar-refractivity contribution is -0.176. The minimum Gasteiger partial charge on any atom is -0.376 e. The highest BCUT2D eigenvalue weighted by atomic mass is 19.4. The summed E-state index contributed by atoms with van der Waals surface area (Å²) in [6.07, 6.45) is -4.71. The molecule has 0 spiro atoms. The summed E-state index contributed by atoms with van der Waals surface area (Å²) >= 11 is 0. The number of ether oxygens (including phenoxy) is 1. The number of aromatic amines is 1. The van der Waals surface area contributed by atoms with Gasteiger partial charge in [0.1, 0.15) is 18.1 Å². The number of hydrogen-bond acceptors (Lipinski definition) is 6. The smallest absolute Gasteiger partial charge is 0.376 e. The number of fused-ring (bicyclic) bond motifs is 2. The minimum absolute atomic E-state index is 0.0739. The van der Waals surface area contributed by atoms with Crippen LogP contribution >= 0.6 is 0 Å². The van der Waals surface area contributed by atoms with Gasteiger partial charge < -0.3 is 25.3 Å². The number of hydrogen-bond donors (Lipinski definition) is 3. The molecule has 1 saturated heterocycles. The van der Waals surface area contributed by atoms with Gasteiger partial charge in [0.2, 0.25) is 11.8 Å². The number of rotatable bonds is 6. The highest BCUT2D eigenvalue weighted by Gasteiger charge is 2.70. The molecule has 1 aromatic heterocycles. The Bertz CT molecular complexity index is 1310. The maximum absolute atomic E-state index is 13.6. The number of aromatic nitrogens is 1. The molecular weight excluding hydrogens is 531 g/mol. The number of halogens is 3. The van der Waals surface area contributed by atoms with Gasteiger partial charge in [0.25, 0.3) is 5.56 Å². The molecule has 13 heteroatoms. The molecule has 4 rings (SSSR count). The summed E-state index contributed by atoms with van der Waals surface area (Å²) in [4.78, 5) is 55.6. The number of piperidine rings is 1. The average Bonchev–Trinajstić information content (AvgIpc) is 3.18. The topological polar surface area (TPSA) is 144 Å². The number of alkyl halides is 3. The Morgan fingerprint density at radius 2 is 1.93 bits per heavy atom. The van der Waals surface area contributed by atoms with Crippen molar-refractivity contribution >= 4 is 17.7 Å². The van der Waals surface area contributed by atoms with Gasteiger partial charge in [-0.25, -0.2) is 0 Å². The number of H-pyrrole nitrogens is 1. The maximum atomic E-state index is 13.6. The van der Waals surface area contributed by atoms with Gasteiger partial charge in [0.05, 0.1) is 19.3 Å². The zero-order valence-corrected chi connectivity index (χ0v) is 23.1. The van der Waals surface area contributed by atoms with E-state index in [0.717, 1.165) is 11.3 Å². The van der Waals surface area contributed by atoms with E-state index < -0.39 is 47.4 Å². The van der Waals surface area contributed by atoms with Crippen LogP contribution in [0.25, 0.3) is 0 Å². The molecule has 3 amide bonds. The summed E-state index contributed by atoms with van der Waals surface area (Å²) in [5.74, 6) is -4.02. The summed E-state index contributed by atoms with van der Waals surface area (Å²) < 4.78 is 44.5. The first kappa shape index (κ1) is 29.6. The first-order valence-corrected chi connectivity index (χ1v) is 13.2. The van der Waals surface area contributed by atoms with Crippen LogP contribution in [0.2, 0.25) is 0 Å². The number of nitriles is 1. The van der Waals surface area contributed by atoms with Crippen molar-refractivity contribution in [1.29, 1.82) is 5.26 Å². The highest BCUT2D eigenvalue weighted by molar-refractivity contribution is 5.95. The van der Waals surface area contributed by atoms with Gasteiger partial charge in [-0.05, 0) is 34.3 Å². The van der Waals surface area contributed by atoms with Crippen LogP contribution in [0.3, 0.4) is 0 Å². The molecule has 0 radical (unpaired) electrons. The fourth-order valence-corrected chi connectivity index (χ4v) is 5.97. The van der Waals surface area contributed by atoms with Crippen LogP contribution in [0.15, 0.2) is 10.9 Å². The standard InChI is InChI=1S/C27H34F3N5O5/c1-25(2,3)20(34-24(39)27(28,29)30)23(38)35-11-16-18(26(16,4)5)19(35)22(37)32-15(10-31)9-13-8-14-12-40-7-6-17(14)33-21(13)36/h8,15-16,18-20H,6-7,9,11-12H2,1-5H3,(H,32,37)(H,33,36)(H,34,39)/t15?,16-,18+,19-,20+/m0/s1. The molecule has 5 atom stereocenters. The number of nitrogens with zero attached hydrogens (tertiary/aromatic N) is 2. The van der Waals surface area contributed by atoms with Crippen LogP contribution in [0.1, 0.15) is 51.4 Å². The molecule has 0 aromatic carbocycles. The van der Waals surface area contributed by atoms with Gasteiger partial charge in [0.15, 0.2) is 0 Å². The van der Waals surface area contributed by atoms with E-state index in [4.69, 9.17) is 4.74 Å². The Morgan fingerprint density at radius 3 is 2.52 bits per heavy atom. The zero-order chi connectivity index (χ0) is 29.8. The van der Waals surface area contributed by atoms with Crippen LogP contribution in [0, 0.1) is 34.0 Å². The van der Waals surface area contributed by atoms with Crippen LogP contribution in [-0.4, -0.2) is 65.1 Å².